The maximum Gasteiger partial charge on any atom is 0.0471 e. The number of benzene rings is 4. The van der Waals surface area contributed by atoms with E-state index in [1.807, 2.05) is 6.07 Å². The van der Waals surface area contributed by atoms with E-state index in [1.54, 1.807) is 0 Å². The lowest BCUT2D eigenvalue weighted by Crippen LogP contribution is -1.83. The van der Waals surface area contributed by atoms with Gasteiger partial charge in [0.25, 0.3) is 0 Å². The van der Waals surface area contributed by atoms with Crippen LogP contribution >= 0.6 is 15.9 Å². The van der Waals surface area contributed by atoms with Gasteiger partial charge < -0.3 is 4.98 Å². The standard InChI is InChI=1S/C24H16BrN/c25-22-14-21-19-11-4-5-12-23(19)26-24(21)15-20(22)18-10-6-9-17(13-18)16-7-2-1-3-8-16/h1-15,26H. The lowest BCUT2D eigenvalue weighted by Gasteiger charge is -2.09. The highest BCUT2D eigenvalue weighted by Crippen LogP contribution is 2.36. The highest BCUT2D eigenvalue weighted by atomic mass is 79.9. The van der Waals surface area contributed by atoms with E-state index in [0.29, 0.717) is 0 Å². The Balaban J connectivity index is 1.69. The van der Waals surface area contributed by atoms with Gasteiger partial charge in [-0.15, -0.1) is 0 Å². The summed E-state index contributed by atoms with van der Waals surface area (Å²) in [5.41, 5.74) is 7.20. The van der Waals surface area contributed by atoms with Crippen molar-refractivity contribution in [2.75, 3.05) is 0 Å². The van der Waals surface area contributed by atoms with Gasteiger partial charge >= 0.3 is 0 Å². The van der Waals surface area contributed by atoms with Crippen molar-refractivity contribution in [3.05, 3.63) is 95.5 Å². The lowest BCUT2D eigenvalue weighted by molar-refractivity contribution is 1.53. The molecule has 0 amide bonds. The zero-order valence-corrected chi connectivity index (χ0v) is 15.6. The third-order valence-electron chi connectivity index (χ3n) is 4.87. The minimum atomic E-state index is 1.11. The van der Waals surface area contributed by atoms with Crippen LogP contribution in [-0.2, 0) is 0 Å². The number of rotatable bonds is 2. The molecular formula is C24H16BrN. The van der Waals surface area contributed by atoms with Gasteiger partial charge in [0.15, 0.2) is 0 Å². The minimum Gasteiger partial charge on any atom is -0.354 e. The summed E-state index contributed by atoms with van der Waals surface area (Å²) in [7, 11) is 0. The number of aromatic amines is 1. The molecule has 2 heteroatoms. The van der Waals surface area contributed by atoms with Gasteiger partial charge in [-0.25, -0.2) is 0 Å². The molecule has 0 bridgehead atoms. The molecule has 0 saturated carbocycles. The summed E-state index contributed by atoms with van der Waals surface area (Å²) in [6, 6.07) is 32.1. The summed E-state index contributed by atoms with van der Waals surface area (Å²) in [6.07, 6.45) is 0. The number of aromatic nitrogens is 1. The third-order valence-corrected chi connectivity index (χ3v) is 5.53. The Bertz CT molecular complexity index is 1240. The van der Waals surface area contributed by atoms with Crippen LogP contribution in [0.4, 0.5) is 0 Å². The van der Waals surface area contributed by atoms with Crippen molar-refractivity contribution in [2.24, 2.45) is 0 Å². The topological polar surface area (TPSA) is 15.8 Å². The Hall–Kier alpha value is -2.84. The molecule has 124 valence electrons. The molecule has 5 rings (SSSR count). The number of hydrogen-bond donors (Lipinski definition) is 1. The highest BCUT2D eigenvalue weighted by molar-refractivity contribution is 9.10. The molecule has 1 aromatic heterocycles. The molecular weight excluding hydrogens is 382 g/mol. The summed E-state index contributed by atoms with van der Waals surface area (Å²) in [6.45, 7) is 0. The predicted octanol–water partition coefficient (Wildman–Crippen LogP) is 7.42. The number of H-pyrrole nitrogens is 1. The SMILES string of the molecule is Brc1cc2c(cc1-c1cccc(-c3ccccc3)c1)[nH]c1ccccc12. The summed E-state index contributed by atoms with van der Waals surface area (Å²) in [5.74, 6) is 0. The Morgan fingerprint density at radius 3 is 2.15 bits per heavy atom. The van der Waals surface area contributed by atoms with Crippen molar-refractivity contribution in [2.45, 2.75) is 0 Å². The molecule has 0 spiro atoms. The average molecular weight is 398 g/mol. The summed E-state index contributed by atoms with van der Waals surface area (Å²) in [4.78, 5) is 3.54. The molecule has 5 aromatic rings. The van der Waals surface area contributed by atoms with E-state index in [2.05, 4.69) is 106 Å². The second-order valence-electron chi connectivity index (χ2n) is 6.50. The van der Waals surface area contributed by atoms with Crippen LogP contribution in [0.15, 0.2) is 95.5 Å². The molecule has 0 saturated heterocycles. The van der Waals surface area contributed by atoms with Crippen LogP contribution in [-0.4, -0.2) is 4.98 Å². The second kappa shape index (κ2) is 6.15. The van der Waals surface area contributed by atoms with Crippen molar-refractivity contribution in [1.82, 2.24) is 4.98 Å². The van der Waals surface area contributed by atoms with Gasteiger partial charge in [0.1, 0.15) is 0 Å². The van der Waals surface area contributed by atoms with E-state index in [4.69, 9.17) is 0 Å². The summed E-state index contributed by atoms with van der Waals surface area (Å²) in [5, 5.41) is 2.50. The fraction of sp³-hybridized carbons (Fsp3) is 0. The minimum absolute atomic E-state index is 1.11. The zero-order valence-electron chi connectivity index (χ0n) is 14.0. The number of hydrogen-bond acceptors (Lipinski definition) is 0. The molecule has 0 aliphatic carbocycles. The molecule has 4 aromatic carbocycles. The highest BCUT2D eigenvalue weighted by Gasteiger charge is 2.10. The third kappa shape index (κ3) is 2.54. The molecule has 0 unspecified atom stereocenters. The largest absolute Gasteiger partial charge is 0.354 e. The first-order valence-corrected chi connectivity index (χ1v) is 9.45. The molecule has 0 aliphatic heterocycles. The van der Waals surface area contributed by atoms with Crippen LogP contribution < -0.4 is 0 Å². The van der Waals surface area contributed by atoms with Crippen LogP contribution in [0.5, 0.6) is 0 Å². The fourth-order valence-corrected chi connectivity index (χ4v) is 4.16. The fourth-order valence-electron chi connectivity index (χ4n) is 3.59. The first kappa shape index (κ1) is 15.4. The first-order chi connectivity index (χ1) is 12.8. The van der Waals surface area contributed by atoms with E-state index >= 15 is 0 Å². The van der Waals surface area contributed by atoms with Crippen LogP contribution in [0.1, 0.15) is 0 Å². The van der Waals surface area contributed by atoms with E-state index in [0.717, 1.165) is 9.99 Å². The van der Waals surface area contributed by atoms with Crippen molar-refractivity contribution in [3.63, 3.8) is 0 Å². The van der Waals surface area contributed by atoms with E-state index in [9.17, 15) is 0 Å². The molecule has 0 radical (unpaired) electrons. The van der Waals surface area contributed by atoms with Gasteiger partial charge in [-0.1, -0.05) is 82.7 Å². The van der Waals surface area contributed by atoms with Crippen LogP contribution in [0.3, 0.4) is 0 Å². The van der Waals surface area contributed by atoms with Gasteiger partial charge in [-0.2, -0.15) is 0 Å². The maximum absolute atomic E-state index is 3.79. The summed E-state index contributed by atoms with van der Waals surface area (Å²) >= 11 is 3.79. The Labute approximate surface area is 160 Å². The second-order valence-corrected chi connectivity index (χ2v) is 7.35. The predicted molar refractivity (Wildman–Crippen MR) is 114 cm³/mol. The Morgan fingerprint density at radius 2 is 1.27 bits per heavy atom. The molecule has 1 heterocycles. The monoisotopic (exact) mass is 397 g/mol. The van der Waals surface area contributed by atoms with Gasteiger partial charge in [-0.3, -0.25) is 0 Å². The number of nitrogens with one attached hydrogen (secondary N) is 1. The lowest BCUT2D eigenvalue weighted by atomic mass is 9.98. The average Bonchev–Trinajstić information content (AvgIpc) is 3.06. The molecule has 26 heavy (non-hydrogen) atoms. The molecule has 0 atom stereocenters. The van der Waals surface area contributed by atoms with Gasteiger partial charge in [0, 0.05) is 26.3 Å². The number of para-hydroxylation sites is 1. The van der Waals surface area contributed by atoms with Crippen molar-refractivity contribution >= 4 is 37.7 Å². The normalized spacial score (nSPS) is 11.3. The molecule has 1 nitrogen and oxygen atoms in total. The van der Waals surface area contributed by atoms with E-state index < -0.39 is 0 Å². The van der Waals surface area contributed by atoms with Crippen LogP contribution in [0.2, 0.25) is 0 Å². The Morgan fingerprint density at radius 1 is 0.538 bits per heavy atom. The first-order valence-electron chi connectivity index (χ1n) is 8.65. The van der Waals surface area contributed by atoms with Crippen LogP contribution in [0, 0.1) is 0 Å². The Kier molecular flexibility index (Phi) is 3.65. The molecule has 0 aliphatic rings. The quantitative estimate of drug-likeness (QED) is 0.319. The zero-order chi connectivity index (χ0) is 17.5. The van der Waals surface area contributed by atoms with E-state index in [-0.39, 0.29) is 0 Å². The van der Waals surface area contributed by atoms with Crippen LogP contribution in [0.25, 0.3) is 44.1 Å². The van der Waals surface area contributed by atoms with Gasteiger partial charge in [0.05, 0.1) is 0 Å². The molecule has 0 fully saturated rings. The van der Waals surface area contributed by atoms with Crippen molar-refractivity contribution in [3.8, 4) is 22.3 Å². The van der Waals surface area contributed by atoms with Gasteiger partial charge in [-0.05, 0) is 46.5 Å². The summed E-state index contributed by atoms with van der Waals surface area (Å²) < 4.78 is 1.11. The number of fused-ring (bicyclic) bond motifs is 3. The smallest absolute Gasteiger partial charge is 0.0471 e. The van der Waals surface area contributed by atoms with Crippen molar-refractivity contribution < 1.29 is 0 Å². The van der Waals surface area contributed by atoms with Gasteiger partial charge in [0.2, 0.25) is 0 Å². The molecule has 1 N–H and O–H groups in total. The van der Waals surface area contributed by atoms with E-state index in [1.165, 1.54) is 38.5 Å². The maximum atomic E-state index is 3.79. The number of halogens is 1. The van der Waals surface area contributed by atoms with Crippen molar-refractivity contribution in [1.29, 1.82) is 0 Å².